The Morgan fingerprint density at radius 1 is 1.07 bits per heavy atom. The normalized spacial score (nSPS) is 11.6. The Kier molecular flexibility index (Phi) is 5.39. The van der Waals surface area contributed by atoms with Gasteiger partial charge >= 0.3 is 0 Å². The van der Waals surface area contributed by atoms with Gasteiger partial charge < -0.3 is 0 Å². The summed E-state index contributed by atoms with van der Waals surface area (Å²) in [6.07, 6.45) is 0. The van der Waals surface area contributed by atoms with Gasteiger partial charge in [-0.15, -0.1) is 4.83 Å². The molecule has 0 saturated heterocycles. The molecular formula is C18H15Cl2N3O3S. The smallest absolute Gasteiger partial charge is 0.272 e. The molecule has 3 aromatic rings. The SMILES string of the molecule is Cc1cc(Cl)c(C)c(S(=O)(=O)NNC(=O)c2ccc3ccccc3n2)c1Cl. The molecule has 0 saturated carbocycles. The number of halogens is 2. The molecule has 27 heavy (non-hydrogen) atoms. The van der Waals surface area contributed by atoms with Crippen LogP contribution in [0.2, 0.25) is 10.0 Å². The van der Waals surface area contributed by atoms with Gasteiger partial charge in [0.25, 0.3) is 15.9 Å². The average Bonchev–Trinajstić information content (AvgIpc) is 2.64. The van der Waals surface area contributed by atoms with E-state index in [4.69, 9.17) is 23.2 Å². The van der Waals surface area contributed by atoms with E-state index in [1.807, 2.05) is 17.0 Å². The van der Waals surface area contributed by atoms with E-state index < -0.39 is 15.9 Å². The van der Waals surface area contributed by atoms with Crippen molar-refractivity contribution in [1.29, 1.82) is 0 Å². The molecule has 0 bridgehead atoms. The molecule has 1 heterocycles. The molecular weight excluding hydrogens is 409 g/mol. The summed E-state index contributed by atoms with van der Waals surface area (Å²) in [4.78, 5) is 18.4. The average molecular weight is 424 g/mol. The molecule has 0 aliphatic heterocycles. The second-order valence-electron chi connectivity index (χ2n) is 5.89. The molecule has 2 N–H and O–H groups in total. The molecule has 1 amide bonds. The van der Waals surface area contributed by atoms with E-state index in [-0.39, 0.29) is 26.2 Å². The number of rotatable bonds is 4. The highest BCUT2D eigenvalue weighted by molar-refractivity contribution is 7.89. The third-order valence-electron chi connectivity index (χ3n) is 3.99. The molecule has 1 aromatic heterocycles. The number of para-hydroxylation sites is 1. The summed E-state index contributed by atoms with van der Waals surface area (Å²) in [6.45, 7) is 3.18. The zero-order valence-electron chi connectivity index (χ0n) is 14.4. The van der Waals surface area contributed by atoms with Crippen molar-refractivity contribution >= 4 is 50.0 Å². The van der Waals surface area contributed by atoms with Crippen LogP contribution in [0.15, 0.2) is 47.4 Å². The third kappa shape index (κ3) is 3.91. The number of aromatic nitrogens is 1. The fourth-order valence-corrected chi connectivity index (χ4v) is 4.61. The maximum atomic E-state index is 12.6. The van der Waals surface area contributed by atoms with Crippen molar-refractivity contribution in [2.24, 2.45) is 0 Å². The van der Waals surface area contributed by atoms with Crippen LogP contribution >= 0.6 is 23.2 Å². The molecule has 140 valence electrons. The summed E-state index contributed by atoms with van der Waals surface area (Å²) in [5.74, 6) is -0.697. The van der Waals surface area contributed by atoms with Gasteiger partial charge in [-0.25, -0.2) is 13.4 Å². The zero-order valence-corrected chi connectivity index (χ0v) is 16.7. The molecule has 3 rings (SSSR count). The van der Waals surface area contributed by atoms with Gasteiger partial charge in [0.05, 0.1) is 10.5 Å². The Balaban J connectivity index is 1.86. The van der Waals surface area contributed by atoms with E-state index in [0.717, 1.165) is 5.39 Å². The first-order valence-corrected chi connectivity index (χ1v) is 10.1. The number of hydrogen-bond acceptors (Lipinski definition) is 4. The Hall–Kier alpha value is -2.19. The number of benzene rings is 2. The molecule has 0 aliphatic carbocycles. The van der Waals surface area contributed by atoms with Gasteiger partial charge in [-0.05, 0) is 43.2 Å². The van der Waals surface area contributed by atoms with Crippen molar-refractivity contribution in [2.75, 3.05) is 0 Å². The van der Waals surface area contributed by atoms with Crippen molar-refractivity contribution in [3.63, 3.8) is 0 Å². The fourth-order valence-electron chi connectivity index (χ4n) is 2.55. The predicted molar refractivity (Wildman–Crippen MR) is 105 cm³/mol. The molecule has 2 aromatic carbocycles. The monoisotopic (exact) mass is 423 g/mol. The summed E-state index contributed by atoms with van der Waals surface area (Å²) >= 11 is 12.2. The second kappa shape index (κ2) is 7.44. The molecule has 0 unspecified atom stereocenters. The quantitative estimate of drug-likeness (QED) is 0.624. The third-order valence-corrected chi connectivity index (χ3v) is 6.40. The van der Waals surface area contributed by atoms with Gasteiger partial charge in [0, 0.05) is 10.4 Å². The lowest BCUT2D eigenvalue weighted by Crippen LogP contribution is -2.42. The molecule has 9 heteroatoms. The molecule has 0 atom stereocenters. The van der Waals surface area contributed by atoms with Crippen LogP contribution in [0.5, 0.6) is 0 Å². The number of pyridine rings is 1. The Bertz CT molecular complexity index is 1140. The first-order valence-electron chi connectivity index (χ1n) is 7.84. The van der Waals surface area contributed by atoms with Crippen LogP contribution in [-0.2, 0) is 10.0 Å². The second-order valence-corrected chi connectivity index (χ2v) is 8.30. The summed E-state index contributed by atoms with van der Waals surface area (Å²) < 4.78 is 25.3. The summed E-state index contributed by atoms with van der Waals surface area (Å²) in [6, 6.07) is 12.1. The first kappa shape index (κ1) is 19.6. The first-order chi connectivity index (χ1) is 12.7. The van der Waals surface area contributed by atoms with Crippen LogP contribution in [0.25, 0.3) is 10.9 Å². The van der Waals surface area contributed by atoms with Gasteiger partial charge in [-0.3, -0.25) is 10.2 Å². The van der Waals surface area contributed by atoms with Crippen LogP contribution in [-0.4, -0.2) is 19.3 Å². The number of fused-ring (bicyclic) bond motifs is 1. The van der Waals surface area contributed by atoms with E-state index in [1.165, 1.54) is 13.0 Å². The molecule has 6 nitrogen and oxygen atoms in total. The van der Waals surface area contributed by atoms with Gasteiger partial charge in [0.1, 0.15) is 10.6 Å². The minimum Gasteiger partial charge on any atom is -0.272 e. The van der Waals surface area contributed by atoms with Crippen LogP contribution < -0.4 is 10.3 Å². The number of aryl methyl sites for hydroxylation is 1. The minimum atomic E-state index is -4.14. The highest BCUT2D eigenvalue weighted by Gasteiger charge is 2.24. The van der Waals surface area contributed by atoms with Crippen molar-refractivity contribution in [3.05, 3.63) is 69.3 Å². The highest BCUT2D eigenvalue weighted by atomic mass is 35.5. The van der Waals surface area contributed by atoms with E-state index in [0.29, 0.717) is 11.1 Å². The lowest BCUT2D eigenvalue weighted by Gasteiger charge is -2.14. The van der Waals surface area contributed by atoms with Crippen LogP contribution in [0, 0.1) is 13.8 Å². The van der Waals surface area contributed by atoms with Gasteiger partial charge in [0.2, 0.25) is 0 Å². The van der Waals surface area contributed by atoms with E-state index in [1.54, 1.807) is 31.2 Å². The maximum Gasteiger partial charge on any atom is 0.284 e. The van der Waals surface area contributed by atoms with Crippen molar-refractivity contribution in [1.82, 2.24) is 15.2 Å². The fraction of sp³-hybridized carbons (Fsp3) is 0.111. The van der Waals surface area contributed by atoms with Crippen LogP contribution in [0.3, 0.4) is 0 Å². The number of nitrogens with one attached hydrogen (secondary N) is 2. The lowest BCUT2D eigenvalue weighted by molar-refractivity contribution is 0.0940. The van der Waals surface area contributed by atoms with E-state index in [9.17, 15) is 13.2 Å². The Morgan fingerprint density at radius 3 is 2.52 bits per heavy atom. The lowest BCUT2D eigenvalue weighted by atomic mass is 10.2. The molecule has 0 fully saturated rings. The number of hydrazine groups is 1. The van der Waals surface area contributed by atoms with Crippen LogP contribution in [0.4, 0.5) is 0 Å². The van der Waals surface area contributed by atoms with Crippen molar-refractivity contribution < 1.29 is 13.2 Å². The number of carbonyl (C=O) groups is 1. The number of hydrogen-bond donors (Lipinski definition) is 2. The Morgan fingerprint density at radius 2 is 1.78 bits per heavy atom. The van der Waals surface area contributed by atoms with Gasteiger partial charge in [-0.1, -0.05) is 47.5 Å². The minimum absolute atomic E-state index is 0.0440. The number of amides is 1. The standard InChI is InChI=1S/C18H15Cl2N3O3S/c1-10-9-13(19)11(2)17(16(10)20)27(25,26)23-22-18(24)15-8-7-12-5-3-4-6-14(12)21-15/h3-9,23H,1-2H3,(H,22,24). The Labute approximate surface area is 166 Å². The number of nitrogens with zero attached hydrogens (tertiary/aromatic N) is 1. The van der Waals surface area contributed by atoms with Crippen molar-refractivity contribution in [2.45, 2.75) is 18.7 Å². The highest BCUT2D eigenvalue weighted by Crippen LogP contribution is 2.33. The van der Waals surface area contributed by atoms with Crippen molar-refractivity contribution in [3.8, 4) is 0 Å². The number of carbonyl (C=O) groups excluding carboxylic acids is 1. The summed E-state index contributed by atoms with van der Waals surface area (Å²) in [7, 11) is -4.14. The molecule has 0 radical (unpaired) electrons. The summed E-state index contributed by atoms with van der Waals surface area (Å²) in [5, 5.41) is 1.17. The largest absolute Gasteiger partial charge is 0.284 e. The topological polar surface area (TPSA) is 88.2 Å². The van der Waals surface area contributed by atoms with Gasteiger partial charge in [-0.2, -0.15) is 0 Å². The van der Waals surface area contributed by atoms with E-state index >= 15 is 0 Å². The molecule has 0 aliphatic rings. The summed E-state index contributed by atoms with van der Waals surface area (Å²) in [5.41, 5.74) is 3.65. The predicted octanol–water partition coefficient (Wildman–Crippen LogP) is 3.78. The zero-order chi connectivity index (χ0) is 19.8. The van der Waals surface area contributed by atoms with Gasteiger partial charge in [0.15, 0.2) is 0 Å². The maximum absolute atomic E-state index is 12.6. The number of sulfonamides is 1. The molecule has 0 spiro atoms. The van der Waals surface area contributed by atoms with E-state index in [2.05, 4.69) is 10.4 Å². The van der Waals surface area contributed by atoms with Crippen LogP contribution in [0.1, 0.15) is 21.6 Å².